The van der Waals surface area contributed by atoms with Gasteiger partial charge in [0, 0.05) is 5.02 Å². The van der Waals surface area contributed by atoms with Crippen molar-refractivity contribution in [1.82, 2.24) is 5.32 Å². The first-order valence-corrected chi connectivity index (χ1v) is 8.54. The monoisotopic (exact) mass is 378 g/mol. The molecule has 1 amide bonds. The van der Waals surface area contributed by atoms with E-state index >= 15 is 0 Å². The van der Waals surface area contributed by atoms with Crippen LogP contribution < -0.4 is 5.32 Å². The van der Waals surface area contributed by atoms with Gasteiger partial charge < -0.3 is 10.4 Å². The number of rotatable bonds is 2. The van der Waals surface area contributed by atoms with E-state index in [2.05, 4.69) is 10.3 Å². The van der Waals surface area contributed by atoms with Gasteiger partial charge in [-0.05, 0) is 60.2 Å². The van der Waals surface area contributed by atoms with Gasteiger partial charge in [-0.2, -0.15) is 0 Å². The average Bonchev–Trinajstić information content (AvgIpc) is 2.86. The molecule has 0 radical (unpaired) electrons. The molecule has 24 heavy (non-hydrogen) atoms. The first-order valence-electron chi connectivity index (χ1n) is 6.96. The normalized spacial score (nSPS) is 17.5. The van der Waals surface area contributed by atoms with E-state index in [0.717, 1.165) is 11.1 Å². The van der Waals surface area contributed by atoms with E-state index in [-0.39, 0.29) is 16.7 Å². The van der Waals surface area contributed by atoms with Crippen molar-refractivity contribution in [2.75, 3.05) is 0 Å². The van der Waals surface area contributed by atoms with Crippen LogP contribution in [0.2, 0.25) is 10.0 Å². The third kappa shape index (κ3) is 3.75. The number of aliphatic imine (C=N–C) groups is 1. The zero-order valence-corrected chi connectivity index (χ0v) is 14.8. The molecule has 1 saturated heterocycles. The summed E-state index contributed by atoms with van der Waals surface area (Å²) in [5, 5.41) is 13.5. The fourth-order valence-electron chi connectivity index (χ4n) is 2.01. The highest BCUT2D eigenvalue weighted by Crippen LogP contribution is 2.31. The van der Waals surface area contributed by atoms with Gasteiger partial charge in [-0.15, -0.1) is 0 Å². The van der Waals surface area contributed by atoms with Crippen molar-refractivity contribution in [2.45, 2.75) is 6.92 Å². The smallest absolute Gasteiger partial charge is 0.264 e. The van der Waals surface area contributed by atoms with Crippen LogP contribution >= 0.6 is 35.0 Å². The van der Waals surface area contributed by atoms with Crippen molar-refractivity contribution in [3.8, 4) is 5.75 Å². The maximum absolute atomic E-state index is 12.1. The summed E-state index contributed by atoms with van der Waals surface area (Å²) in [6.45, 7) is 1.91. The largest absolute Gasteiger partial charge is 0.506 e. The number of hydrogen-bond donors (Lipinski definition) is 2. The van der Waals surface area contributed by atoms with E-state index in [4.69, 9.17) is 23.2 Å². The van der Waals surface area contributed by atoms with E-state index in [0.29, 0.717) is 20.8 Å². The molecule has 0 unspecified atom stereocenters. The summed E-state index contributed by atoms with van der Waals surface area (Å²) < 4.78 is 0. The third-order valence-corrected chi connectivity index (χ3v) is 4.93. The van der Waals surface area contributed by atoms with Gasteiger partial charge in [0.2, 0.25) is 0 Å². The summed E-state index contributed by atoms with van der Waals surface area (Å²) in [4.78, 5) is 16.9. The van der Waals surface area contributed by atoms with Crippen LogP contribution in [0.1, 0.15) is 11.1 Å². The number of phenols is 1. The molecule has 2 aromatic rings. The number of aromatic hydroxyl groups is 1. The molecule has 4 nitrogen and oxygen atoms in total. The van der Waals surface area contributed by atoms with Gasteiger partial charge in [0.15, 0.2) is 5.17 Å². The lowest BCUT2D eigenvalue weighted by atomic mass is 10.2. The molecular formula is C17H12Cl2N2O2S. The van der Waals surface area contributed by atoms with Gasteiger partial charge >= 0.3 is 0 Å². The van der Waals surface area contributed by atoms with E-state index in [1.165, 1.54) is 17.8 Å². The van der Waals surface area contributed by atoms with Gasteiger partial charge in [-0.1, -0.05) is 35.3 Å². The van der Waals surface area contributed by atoms with E-state index in [9.17, 15) is 9.90 Å². The van der Waals surface area contributed by atoms with Crippen molar-refractivity contribution in [3.05, 3.63) is 62.5 Å². The Morgan fingerprint density at radius 2 is 1.96 bits per heavy atom. The van der Waals surface area contributed by atoms with Gasteiger partial charge in [0.1, 0.15) is 5.75 Å². The van der Waals surface area contributed by atoms with Crippen molar-refractivity contribution < 1.29 is 9.90 Å². The van der Waals surface area contributed by atoms with Crippen LogP contribution in [0.15, 0.2) is 46.3 Å². The van der Waals surface area contributed by atoms with Crippen LogP contribution in [0.5, 0.6) is 5.75 Å². The maximum atomic E-state index is 12.1. The highest BCUT2D eigenvalue weighted by Gasteiger charge is 2.23. The number of amidine groups is 1. The molecule has 1 aliphatic rings. The van der Waals surface area contributed by atoms with Gasteiger partial charge in [-0.3, -0.25) is 4.79 Å². The Morgan fingerprint density at radius 3 is 2.67 bits per heavy atom. The summed E-state index contributed by atoms with van der Waals surface area (Å²) in [5.41, 5.74) is 2.35. The molecule has 122 valence electrons. The first-order chi connectivity index (χ1) is 11.4. The van der Waals surface area contributed by atoms with Crippen LogP contribution in [0, 0.1) is 6.92 Å². The lowest BCUT2D eigenvalue weighted by molar-refractivity contribution is -0.115. The van der Waals surface area contributed by atoms with Crippen LogP contribution in [0.3, 0.4) is 0 Å². The van der Waals surface area contributed by atoms with Crippen LogP contribution in [0.25, 0.3) is 6.08 Å². The van der Waals surface area contributed by atoms with Crippen LogP contribution in [0.4, 0.5) is 5.69 Å². The molecule has 0 spiro atoms. The van der Waals surface area contributed by atoms with Gasteiger partial charge in [0.25, 0.3) is 5.91 Å². The lowest BCUT2D eigenvalue weighted by Crippen LogP contribution is -2.19. The molecule has 1 fully saturated rings. The van der Waals surface area contributed by atoms with E-state index in [1.54, 1.807) is 24.3 Å². The number of hydrogen-bond acceptors (Lipinski definition) is 4. The SMILES string of the molecule is Cc1ccc(N=C2NC(=O)C(=Cc3ccc(O)c(Cl)c3)S2)cc1Cl. The van der Waals surface area contributed by atoms with Crippen molar-refractivity contribution >= 4 is 57.8 Å². The van der Waals surface area contributed by atoms with Crippen molar-refractivity contribution in [2.24, 2.45) is 4.99 Å². The molecule has 0 bridgehead atoms. The Morgan fingerprint density at radius 1 is 1.17 bits per heavy atom. The predicted octanol–water partition coefficient (Wildman–Crippen LogP) is 4.90. The molecule has 7 heteroatoms. The van der Waals surface area contributed by atoms with Crippen LogP contribution in [-0.2, 0) is 4.79 Å². The number of nitrogens with zero attached hydrogens (tertiary/aromatic N) is 1. The molecule has 0 aromatic heterocycles. The number of amides is 1. The number of aryl methyl sites for hydroxylation is 1. The summed E-state index contributed by atoms with van der Waals surface area (Å²) in [7, 11) is 0. The summed E-state index contributed by atoms with van der Waals surface area (Å²) in [6, 6.07) is 10.2. The number of halogens is 2. The standard InChI is InChI=1S/C17H12Cl2N2O2S/c1-9-2-4-11(8-12(9)18)20-17-21-16(23)15(24-17)7-10-3-5-14(22)13(19)6-10/h2-8,22H,1H3,(H,20,21,23). The molecule has 0 atom stereocenters. The zero-order chi connectivity index (χ0) is 17.3. The minimum atomic E-state index is -0.235. The highest BCUT2D eigenvalue weighted by atomic mass is 35.5. The average molecular weight is 379 g/mol. The molecule has 3 rings (SSSR count). The fourth-order valence-corrected chi connectivity index (χ4v) is 3.22. The van der Waals surface area contributed by atoms with Gasteiger partial charge in [0.05, 0.1) is 15.6 Å². The summed E-state index contributed by atoms with van der Waals surface area (Å²) >= 11 is 13.2. The number of carbonyl (C=O) groups excluding carboxylic acids is 1. The van der Waals surface area contributed by atoms with Crippen LogP contribution in [-0.4, -0.2) is 16.2 Å². The second-order valence-electron chi connectivity index (χ2n) is 5.13. The fraction of sp³-hybridized carbons (Fsp3) is 0.0588. The van der Waals surface area contributed by atoms with Crippen molar-refractivity contribution in [1.29, 1.82) is 0 Å². The zero-order valence-electron chi connectivity index (χ0n) is 12.5. The van der Waals surface area contributed by atoms with E-state index < -0.39 is 0 Å². The topological polar surface area (TPSA) is 61.7 Å². The number of benzene rings is 2. The molecule has 2 aromatic carbocycles. The second kappa shape index (κ2) is 6.89. The Labute approximate surface area is 153 Å². The molecule has 0 saturated carbocycles. The number of nitrogens with one attached hydrogen (secondary N) is 1. The first kappa shape index (κ1) is 16.9. The summed E-state index contributed by atoms with van der Waals surface area (Å²) in [5.74, 6) is -0.234. The minimum Gasteiger partial charge on any atom is -0.506 e. The lowest BCUT2D eigenvalue weighted by Gasteiger charge is -2.00. The molecule has 1 aliphatic heterocycles. The van der Waals surface area contributed by atoms with Gasteiger partial charge in [-0.25, -0.2) is 4.99 Å². The number of thioether (sulfide) groups is 1. The maximum Gasteiger partial charge on any atom is 0.264 e. The Kier molecular flexibility index (Phi) is 4.85. The summed E-state index contributed by atoms with van der Waals surface area (Å²) in [6.07, 6.45) is 1.69. The highest BCUT2D eigenvalue weighted by molar-refractivity contribution is 8.18. The Bertz CT molecular complexity index is 894. The Hall–Kier alpha value is -1.95. The minimum absolute atomic E-state index is 0.000782. The second-order valence-corrected chi connectivity index (χ2v) is 6.97. The number of phenolic OH excluding ortho intramolecular Hbond substituents is 1. The Balaban J connectivity index is 1.84. The third-order valence-electron chi connectivity index (χ3n) is 3.31. The predicted molar refractivity (Wildman–Crippen MR) is 100 cm³/mol. The molecule has 2 N–H and O–H groups in total. The number of carbonyl (C=O) groups is 1. The quantitative estimate of drug-likeness (QED) is 0.730. The van der Waals surface area contributed by atoms with Crippen molar-refractivity contribution in [3.63, 3.8) is 0 Å². The van der Waals surface area contributed by atoms with E-state index in [1.807, 2.05) is 19.1 Å². The molecule has 0 aliphatic carbocycles. The molecular weight excluding hydrogens is 367 g/mol. The molecule has 1 heterocycles.